The van der Waals surface area contributed by atoms with Crippen molar-refractivity contribution in [3.8, 4) is 0 Å². The average Bonchev–Trinajstić information content (AvgIpc) is 3.21. The molecule has 3 heteroatoms. The van der Waals surface area contributed by atoms with Gasteiger partial charge in [0.15, 0.2) is 0 Å². The molecule has 0 N–H and O–H groups in total. The highest BCUT2D eigenvalue weighted by atomic mass is 31.2. The Labute approximate surface area is 202 Å². The van der Waals surface area contributed by atoms with Crippen LogP contribution in [0.3, 0.4) is 0 Å². The molecule has 0 radical (unpaired) electrons. The molecular formula is C31H32NOP. The maximum absolute atomic E-state index is 15.7. The van der Waals surface area contributed by atoms with Crippen molar-refractivity contribution in [3.63, 3.8) is 0 Å². The average molecular weight is 466 g/mol. The Morgan fingerprint density at radius 2 is 1.35 bits per heavy atom. The van der Waals surface area contributed by atoms with Gasteiger partial charge in [0.2, 0.25) is 0 Å². The van der Waals surface area contributed by atoms with Crippen molar-refractivity contribution >= 4 is 28.7 Å². The highest BCUT2D eigenvalue weighted by Gasteiger charge is 2.70. The number of para-hydroxylation sites is 1. The minimum absolute atomic E-state index is 0.0275. The van der Waals surface area contributed by atoms with Crippen LogP contribution in [0.1, 0.15) is 45.2 Å². The van der Waals surface area contributed by atoms with E-state index in [1.54, 1.807) is 0 Å². The summed E-state index contributed by atoms with van der Waals surface area (Å²) in [6.07, 6.45) is 2.28. The van der Waals surface area contributed by atoms with E-state index in [1.807, 2.05) is 36.4 Å². The third-order valence-electron chi connectivity index (χ3n) is 9.45. The Balaban J connectivity index is 1.63. The Bertz CT molecular complexity index is 1350. The summed E-state index contributed by atoms with van der Waals surface area (Å²) in [6, 6.07) is 33.3. The standard InChI is InChI=1S/C31H32NOP/c1-30(2)25-20-21-31(30,3)28(27-19-18-22-12-10-11-17-26(22)32-27)29(25)34(33,23-13-6-4-7-14-23)24-15-8-5-9-16-24/h4-19,25,28-29H,20-21H2,1-3H3/t25-,28+,29-,31+/m1/s1. The first-order valence-corrected chi connectivity index (χ1v) is 14.2. The van der Waals surface area contributed by atoms with Crippen LogP contribution in [0.4, 0.5) is 0 Å². The zero-order valence-corrected chi connectivity index (χ0v) is 21.1. The van der Waals surface area contributed by atoms with E-state index in [4.69, 9.17) is 4.98 Å². The summed E-state index contributed by atoms with van der Waals surface area (Å²) in [4.78, 5) is 5.22. The van der Waals surface area contributed by atoms with Crippen molar-refractivity contribution in [2.24, 2.45) is 16.7 Å². The monoisotopic (exact) mass is 465 g/mol. The second kappa shape index (κ2) is 7.65. The molecule has 6 rings (SSSR count). The molecule has 0 amide bonds. The molecule has 2 aliphatic carbocycles. The SMILES string of the molecule is CC1(C)[C@@H]2CC[C@@]1(C)[C@@H](c1ccc3ccccc3n1)[C@@H]2P(=O)(c1ccccc1)c1ccccc1. The van der Waals surface area contributed by atoms with Crippen molar-refractivity contribution in [1.29, 1.82) is 0 Å². The number of hydrogen-bond acceptors (Lipinski definition) is 2. The molecule has 1 heterocycles. The third-order valence-corrected chi connectivity index (χ3v) is 13.1. The van der Waals surface area contributed by atoms with Gasteiger partial charge in [0.05, 0.1) is 5.52 Å². The quantitative estimate of drug-likeness (QED) is 0.299. The van der Waals surface area contributed by atoms with E-state index in [9.17, 15) is 0 Å². The van der Waals surface area contributed by atoms with Gasteiger partial charge in [-0.05, 0) is 41.7 Å². The predicted octanol–water partition coefficient (Wildman–Crippen LogP) is 7.16. The second-order valence-corrected chi connectivity index (χ2v) is 14.0. The van der Waals surface area contributed by atoms with Crippen LogP contribution in [0.15, 0.2) is 97.1 Å². The highest BCUT2D eigenvalue weighted by Crippen LogP contribution is 2.78. The lowest BCUT2D eigenvalue weighted by Gasteiger charge is -2.42. The number of fused-ring (bicyclic) bond motifs is 3. The normalized spacial score (nSPS) is 27.8. The lowest BCUT2D eigenvalue weighted by atomic mass is 9.66. The van der Waals surface area contributed by atoms with Crippen molar-refractivity contribution in [2.75, 3.05) is 0 Å². The molecule has 4 atom stereocenters. The Morgan fingerprint density at radius 1 is 0.765 bits per heavy atom. The molecule has 1 aromatic heterocycles. The van der Waals surface area contributed by atoms with Crippen LogP contribution >= 0.6 is 7.14 Å². The molecule has 2 nitrogen and oxygen atoms in total. The molecular weight excluding hydrogens is 433 g/mol. The van der Waals surface area contributed by atoms with Gasteiger partial charge >= 0.3 is 0 Å². The van der Waals surface area contributed by atoms with Crippen LogP contribution in [-0.4, -0.2) is 10.6 Å². The van der Waals surface area contributed by atoms with E-state index in [0.717, 1.165) is 40.0 Å². The summed E-state index contributed by atoms with van der Waals surface area (Å²) in [7, 11) is -2.96. The molecule has 0 spiro atoms. The van der Waals surface area contributed by atoms with E-state index >= 15 is 4.57 Å². The minimum Gasteiger partial charge on any atom is -0.313 e. The first-order chi connectivity index (χ1) is 16.4. The van der Waals surface area contributed by atoms with Crippen LogP contribution in [-0.2, 0) is 4.57 Å². The highest BCUT2D eigenvalue weighted by molar-refractivity contribution is 7.79. The first kappa shape index (κ1) is 21.8. The molecule has 2 aliphatic rings. The molecule has 34 heavy (non-hydrogen) atoms. The van der Waals surface area contributed by atoms with Crippen LogP contribution < -0.4 is 10.6 Å². The number of aromatic nitrogens is 1. The van der Waals surface area contributed by atoms with Crippen LogP contribution in [0.5, 0.6) is 0 Å². The van der Waals surface area contributed by atoms with Crippen LogP contribution in [0.25, 0.3) is 10.9 Å². The lowest BCUT2D eigenvalue weighted by molar-refractivity contribution is 0.133. The maximum atomic E-state index is 15.7. The molecule has 3 aromatic carbocycles. The van der Waals surface area contributed by atoms with Crippen molar-refractivity contribution in [3.05, 3.63) is 103 Å². The van der Waals surface area contributed by atoms with Gasteiger partial charge in [-0.2, -0.15) is 0 Å². The summed E-state index contributed by atoms with van der Waals surface area (Å²) >= 11 is 0. The predicted molar refractivity (Wildman–Crippen MR) is 143 cm³/mol. The smallest absolute Gasteiger partial charge is 0.147 e. The van der Waals surface area contributed by atoms with E-state index in [1.165, 1.54) is 0 Å². The Hall–Kier alpha value is -2.70. The number of hydrogen-bond donors (Lipinski definition) is 0. The lowest BCUT2D eigenvalue weighted by Crippen LogP contribution is -2.37. The van der Waals surface area contributed by atoms with Crippen LogP contribution in [0, 0.1) is 16.7 Å². The van der Waals surface area contributed by atoms with E-state index in [0.29, 0.717) is 5.92 Å². The number of nitrogens with zero attached hydrogens (tertiary/aromatic N) is 1. The minimum atomic E-state index is -2.96. The molecule has 2 saturated carbocycles. The van der Waals surface area contributed by atoms with E-state index < -0.39 is 7.14 Å². The topological polar surface area (TPSA) is 30.0 Å². The van der Waals surface area contributed by atoms with Gasteiger partial charge < -0.3 is 4.57 Å². The fraction of sp³-hybridized carbons (Fsp3) is 0.323. The van der Waals surface area contributed by atoms with Gasteiger partial charge in [-0.1, -0.05) is 106 Å². The van der Waals surface area contributed by atoms with Gasteiger partial charge in [0.25, 0.3) is 0 Å². The largest absolute Gasteiger partial charge is 0.313 e. The second-order valence-electron chi connectivity index (χ2n) is 11.0. The fourth-order valence-electron chi connectivity index (χ4n) is 7.34. The van der Waals surface area contributed by atoms with Gasteiger partial charge in [0.1, 0.15) is 7.14 Å². The Morgan fingerprint density at radius 3 is 2.00 bits per heavy atom. The number of benzene rings is 3. The van der Waals surface area contributed by atoms with Gasteiger partial charge in [-0.15, -0.1) is 0 Å². The van der Waals surface area contributed by atoms with Gasteiger partial charge in [0, 0.05) is 33.3 Å². The van der Waals surface area contributed by atoms with E-state index in [2.05, 4.69) is 81.4 Å². The molecule has 2 bridgehead atoms. The molecule has 2 fully saturated rings. The summed E-state index contributed by atoms with van der Waals surface area (Å²) in [5, 5.41) is 3.11. The maximum Gasteiger partial charge on any atom is 0.147 e. The van der Waals surface area contributed by atoms with E-state index in [-0.39, 0.29) is 22.4 Å². The van der Waals surface area contributed by atoms with Crippen LogP contribution in [0.2, 0.25) is 0 Å². The number of rotatable bonds is 4. The van der Waals surface area contributed by atoms with Crippen molar-refractivity contribution in [1.82, 2.24) is 4.98 Å². The summed E-state index contributed by atoms with van der Waals surface area (Å²) in [5.41, 5.74) is 2.27. The summed E-state index contributed by atoms with van der Waals surface area (Å²) in [6.45, 7) is 7.27. The zero-order valence-electron chi connectivity index (χ0n) is 20.2. The Kier molecular flexibility index (Phi) is 4.91. The summed E-state index contributed by atoms with van der Waals surface area (Å²) < 4.78 is 15.7. The zero-order chi connectivity index (χ0) is 23.6. The van der Waals surface area contributed by atoms with Crippen molar-refractivity contribution < 1.29 is 4.57 Å². The molecule has 4 aromatic rings. The summed E-state index contributed by atoms with van der Waals surface area (Å²) in [5.74, 6) is 0.513. The first-order valence-electron chi connectivity index (χ1n) is 12.4. The van der Waals surface area contributed by atoms with Gasteiger partial charge in [-0.25, -0.2) is 0 Å². The molecule has 172 valence electrons. The van der Waals surface area contributed by atoms with Gasteiger partial charge in [-0.3, -0.25) is 4.98 Å². The fourth-order valence-corrected chi connectivity index (χ4v) is 11.5. The number of pyridine rings is 1. The molecule has 0 aliphatic heterocycles. The molecule has 0 saturated heterocycles. The molecule has 0 unspecified atom stereocenters. The third kappa shape index (κ3) is 2.88. The van der Waals surface area contributed by atoms with Crippen molar-refractivity contribution in [2.45, 2.75) is 45.2 Å².